The molecule has 0 aromatic heterocycles. The molecule has 4 rings (SSSR count). The van der Waals surface area contributed by atoms with E-state index in [0.29, 0.717) is 32.1 Å². The van der Waals surface area contributed by atoms with E-state index in [2.05, 4.69) is 35.1 Å². The van der Waals surface area contributed by atoms with Gasteiger partial charge in [-0.25, -0.2) is 0 Å². The summed E-state index contributed by atoms with van der Waals surface area (Å²) in [6, 6.07) is 16.9. The Bertz CT molecular complexity index is 1540. The molecule has 3 aromatic rings. The number of imide groups is 1. The molecule has 1 aliphatic rings. The Morgan fingerprint density at radius 2 is 1.79 bits per heavy atom. The van der Waals surface area contributed by atoms with Crippen molar-refractivity contribution in [3.8, 4) is 17.2 Å². The second-order valence-corrected chi connectivity index (χ2v) is 12.0. The van der Waals surface area contributed by atoms with Crippen molar-refractivity contribution in [2.75, 3.05) is 32.2 Å². The number of anilines is 1. The molecular formula is C32H33BrN2O6S. The molecule has 220 valence electrons. The fourth-order valence-corrected chi connectivity index (χ4v) is 5.79. The lowest BCUT2D eigenvalue weighted by atomic mass is 10.0. The van der Waals surface area contributed by atoms with Crippen LogP contribution < -0.4 is 19.5 Å². The first-order valence-electron chi connectivity index (χ1n) is 13.4. The highest BCUT2D eigenvalue weighted by atomic mass is 79.9. The maximum absolute atomic E-state index is 13.1. The van der Waals surface area contributed by atoms with Crippen molar-refractivity contribution >= 4 is 56.5 Å². The second kappa shape index (κ2) is 13.9. The molecule has 0 bridgehead atoms. The molecule has 1 heterocycles. The third kappa shape index (κ3) is 7.74. The van der Waals surface area contributed by atoms with Gasteiger partial charge in [0, 0.05) is 5.69 Å². The topological polar surface area (TPSA) is 94.2 Å². The summed E-state index contributed by atoms with van der Waals surface area (Å²) in [5.41, 5.74) is 4.49. The van der Waals surface area contributed by atoms with Gasteiger partial charge in [0.25, 0.3) is 17.1 Å². The van der Waals surface area contributed by atoms with Crippen molar-refractivity contribution in [2.24, 2.45) is 0 Å². The van der Waals surface area contributed by atoms with Gasteiger partial charge >= 0.3 is 0 Å². The lowest BCUT2D eigenvalue weighted by Crippen LogP contribution is -2.32. The zero-order chi connectivity index (χ0) is 30.4. The number of carbonyl (C=O) groups is 3. The average Bonchev–Trinajstić information content (AvgIpc) is 3.19. The number of ether oxygens (including phenoxy) is 3. The summed E-state index contributed by atoms with van der Waals surface area (Å²) in [6.07, 6.45) is 1.63. The number of methoxy groups -OCH3 is 1. The Morgan fingerprint density at radius 1 is 1.02 bits per heavy atom. The van der Waals surface area contributed by atoms with Gasteiger partial charge in [-0.15, -0.1) is 0 Å². The number of aryl methyl sites for hydroxylation is 2. The molecule has 1 aliphatic heterocycles. The monoisotopic (exact) mass is 652 g/mol. The molecule has 0 radical (unpaired) electrons. The summed E-state index contributed by atoms with van der Waals surface area (Å²) in [5, 5.41) is 2.45. The number of benzene rings is 3. The van der Waals surface area contributed by atoms with Crippen LogP contribution in [0.3, 0.4) is 0 Å². The van der Waals surface area contributed by atoms with Crippen LogP contribution in [0.25, 0.3) is 6.08 Å². The Balaban J connectivity index is 1.40. The van der Waals surface area contributed by atoms with Crippen LogP contribution in [0.2, 0.25) is 0 Å². The van der Waals surface area contributed by atoms with Gasteiger partial charge < -0.3 is 19.5 Å². The van der Waals surface area contributed by atoms with Crippen molar-refractivity contribution in [3.05, 3.63) is 86.2 Å². The van der Waals surface area contributed by atoms with Crippen molar-refractivity contribution < 1.29 is 28.6 Å². The maximum atomic E-state index is 13.1. The number of hydrogen-bond acceptors (Lipinski definition) is 7. The SMILES string of the molecule is COc1cc(/C=C2\SC(=O)N(CCOc3cc(C)ccc3C(C)C)C2=O)cc(Br)c1OCC(=O)Nc1cccc(C)c1. The molecule has 0 atom stereocenters. The van der Waals surface area contributed by atoms with Crippen LogP contribution in [0.1, 0.15) is 42.0 Å². The second-order valence-electron chi connectivity index (χ2n) is 10.1. The number of nitrogens with one attached hydrogen (secondary N) is 1. The van der Waals surface area contributed by atoms with Gasteiger partial charge in [-0.3, -0.25) is 19.3 Å². The van der Waals surface area contributed by atoms with Gasteiger partial charge in [-0.1, -0.05) is 38.1 Å². The quantitative estimate of drug-likeness (QED) is 0.217. The molecule has 0 aliphatic carbocycles. The minimum Gasteiger partial charge on any atom is -0.493 e. The molecule has 8 nitrogen and oxygen atoms in total. The highest BCUT2D eigenvalue weighted by Gasteiger charge is 2.35. The number of amides is 3. The van der Waals surface area contributed by atoms with Crippen LogP contribution in [0.15, 0.2) is 64.0 Å². The van der Waals surface area contributed by atoms with E-state index < -0.39 is 0 Å². The third-order valence-corrected chi connectivity index (χ3v) is 7.93. The fourth-order valence-electron chi connectivity index (χ4n) is 4.36. The van der Waals surface area contributed by atoms with Crippen molar-refractivity contribution in [1.29, 1.82) is 0 Å². The van der Waals surface area contributed by atoms with E-state index in [4.69, 9.17) is 14.2 Å². The molecular weight excluding hydrogens is 620 g/mol. The van der Waals surface area contributed by atoms with E-state index in [1.165, 1.54) is 12.0 Å². The van der Waals surface area contributed by atoms with E-state index in [1.54, 1.807) is 24.3 Å². The molecule has 0 unspecified atom stereocenters. The molecule has 1 saturated heterocycles. The Kier molecular flexibility index (Phi) is 10.3. The lowest BCUT2D eigenvalue weighted by Gasteiger charge is -2.17. The fraction of sp³-hybridized carbons (Fsp3) is 0.281. The molecule has 3 amide bonds. The van der Waals surface area contributed by atoms with Crippen molar-refractivity contribution in [3.63, 3.8) is 0 Å². The molecule has 42 heavy (non-hydrogen) atoms. The van der Waals surface area contributed by atoms with Crippen LogP contribution in [-0.2, 0) is 9.59 Å². The first-order valence-corrected chi connectivity index (χ1v) is 15.0. The highest BCUT2D eigenvalue weighted by Crippen LogP contribution is 2.39. The maximum Gasteiger partial charge on any atom is 0.293 e. The highest BCUT2D eigenvalue weighted by molar-refractivity contribution is 9.10. The van der Waals surface area contributed by atoms with Gasteiger partial charge in [-0.2, -0.15) is 0 Å². The third-order valence-electron chi connectivity index (χ3n) is 6.44. The van der Waals surface area contributed by atoms with Gasteiger partial charge in [0.15, 0.2) is 18.1 Å². The number of nitrogens with zero attached hydrogens (tertiary/aromatic N) is 1. The average molecular weight is 654 g/mol. The van der Waals surface area contributed by atoms with Gasteiger partial charge in [0.1, 0.15) is 12.4 Å². The van der Waals surface area contributed by atoms with Gasteiger partial charge in [0.2, 0.25) is 0 Å². The van der Waals surface area contributed by atoms with Crippen molar-refractivity contribution in [1.82, 2.24) is 4.90 Å². The lowest BCUT2D eigenvalue weighted by molar-refractivity contribution is -0.123. The Labute approximate surface area is 258 Å². The van der Waals surface area contributed by atoms with E-state index >= 15 is 0 Å². The van der Waals surface area contributed by atoms with Crippen LogP contribution in [0, 0.1) is 13.8 Å². The Morgan fingerprint density at radius 3 is 2.50 bits per heavy atom. The van der Waals surface area contributed by atoms with Crippen LogP contribution >= 0.6 is 27.7 Å². The first kappa shape index (κ1) is 31.2. The van der Waals surface area contributed by atoms with Crippen LogP contribution in [-0.4, -0.2) is 48.8 Å². The number of hydrogen-bond donors (Lipinski definition) is 1. The zero-order valence-corrected chi connectivity index (χ0v) is 26.6. The molecule has 10 heteroatoms. The van der Waals surface area contributed by atoms with Gasteiger partial charge in [-0.05, 0) is 106 Å². The number of rotatable bonds is 11. The van der Waals surface area contributed by atoms with Crippen LogP contribution in [0.5, 0.6) is 17.2 Å². The van der Waals surface area contributed by atoms with E-state index in [-0.39, 0.29) is 42.7 Å². The predicted octanol–water partition coefficient (Wildman–Crippen LogP) is 7.33. The summed E-state index contributed by atoms with van der Waals surface area (Å²) < 4.78 is 17.8. The van der Waals surface area contributed by atoms with E-state index in [1.807, 2.05) is 50.2 Å². The molecule has 1 fully saturated rings. The predicted molar refractivity (Wildman–Crippen MR) is 169 cm³/mol. The first-order chi connectivity index (χ1) is 20.0. The Hall–Kier alpha value is -3.76. The normalized spacial score (nSPS) is 14.1. The standard InChI is InChI=1S/C32H33BrN2O6S/c1-19(2)24-10-9-21(4)14-26(24)40-12-11-35-31(37)28(42-32(35)38)17-22-15-25(33)30(27(16-22)39-5)41-18-29(36)34-23-8-6-7-20(3)13-23/h6-10,13-17,19H,11-12,18H2,1-5H3,(H,34,36)/b28-17-. The van der Waals surface area contributed by atoms with E-state index in [9.17, 15) is 14.4 Å². The zero-order valence-electron chi connectivity index (χ0n) is 24.2. The van der Waals surface area contributed by atoms with Crippen LogP contribution in [0.4, 0.5) is 10.5 Å². The molecule has 0 spiro atoms. The number of halogens is 1. The summed E-state index contributed by atoms with van der Waals surface area (Å²) in [6.45, 7) is 8.22. The van der Waals surface area contributed by atoms with Gasteiger partial charge in [0.05, 0.1) is 23.0 Å². The van der Waals surface area contributed by atoms with Crippen molar-refractivity contribution in [2.45, 2.75) is 33.6 Å². The smallest absolute Gasteiger partial charge is 0.293 e. The summed E-state index contributed by atoms with van der Waals surface area (Å²) >= 11 is 4.35. The minimum absolute atomic E-state index is 0.137. The summed E-state index contributed by atoms with van der Waals surface area (Å²) in [7, 11) is 1.48. The number of thioether (sulfide) groups is 1. The molecule has 0 saturated carbocycles. The summed E-state index contributed by atoms with van der Waals surface area (Å²) in [5.74, 6) is 1.05. The largest absolute Gasteiger partial charge is 0.493 e. The molecule has 1 N–H and O–H groups in total. The summed E-state index contributed by atoms with van der Waals surface area (Å²) in [4.78, 5) is 39.7. The number of carbonyl (C=O) groups excluding carboxylic acids is 3. The minimum atomic E-state index is -0.384. The molecule has 3 aromatic carbocycles. The van der Waals surface area contributed by atoms with E-state index in [0.717, 1.165) is 34.2 Å².